The standard InChI is InChI=1S/C15H22N2O2/c1-2-19-15(18)12-5-7-14(8-6-12)17-13-4-3-10-16-11-9-13/h5-8,13,16-17H,2-4,9-11H2,1H3. The summed E-state index contributed by atoms with van der Waals surface area (Å²) in [5.41, 5.74) is 1.68. The van der Waals surface area contributed by atoms with E-state index >= 15 is 0 Å². The Morgan fingerprint density at radius 1 is 1.32 bits per heavy atom. The van der Waals surface area contributed by atoms with Gasteiger partial charge in [0.2, 0.25) is 0 Å². The van der Waals surface area contributed by atoms with Gasteiger partial charge < -0.3 is 15.4 Å². The molecular weight excluding hydrogens is 240 g/mol. The van der Waals surface area contributed by atoms with Crippen LogP contribution in [0.3, 0.4) is 0 Å². The number of carbonyl (C=O) groups is 1. The molecule has 1 atom stereocenters. The fourth-order valence-electron chi connectivity index (χ4n) is 2.32. The lowest BCUT2D eigenvalue weighted by Crippen LogP contribution is -2.21. The highest BCUT2D eigenvalue weighted by atomic mass is 16.5. The van der Waals surface area contributed by atoms with Crippen LogP contribution in [0.1, 0.15) is 36.5 Å². The number of nitrogens with one attached hydrogen (secondary N) is 2. The second kappa shape index (κ2) is 7.14. The van der Waals surface area contributed by atoms with Gasteiger partial charge in [-0.2, -0.15) is 0 Å². The van der Waals surface area contributed by atoms with Crippen LogP contribution < -0.4 is 10.6 Å². The van der Waals surface area contributed by atoms with Gasteiger partial charge in [0.15, 0.2) is 0 Å². The van der Waals surface area contributed by atoms with Gasteiger partial charge in [-0.1, -0.05) is 0 Å². The van der Waals surface area contributed by atoms with E-state index < -0.39 is 0 Å². The summed E-state index contributed by atoms with van der Waals surface area (Å²) in [6, 6.07) is 8.04. The van der Waals surface area contributed by atoms with Gasteiger partial charge in [0.05, 0.1) is 12.2 Å². The maximum Gasteiger partial charge on any atom is 0.338 e. The fourth-order valence-corrected chi connectivity index (χ4v) is 2.32. The molecule has 0 saturated carbocycles. The molecule has 1 aliphatic heterocycles. The Morgan fingerprint density at radius 3 is 2.84 bits per heavy atom. The third-order valence-corrected chi connectivity index (χ3v) is 3.34. The zero-order valence-electron chi connectivity index (χ0n) is 11.4. The fraction of sp³-hybridized carbons (Fsp3) is 0.533. The molecule has 0 aliphatic carbocycles. The van der Waals surface area contributed by atoms with Crippen molar-refractivity contribution >= 4 is 11.7 Å². The van der Waals surface area contributed by atoms with Crippen LogP contribution in [0.15, 0.2) is 24.3 Å². The quantitative estimate of drug-likeness (QED) is 0.818. The molecule has 19 heavy (non-hydrogen) atoms. The van der Waals surface area contributed by atoms with Crippen molar-refractivity contribution in [3.8, 4) is 0 Å². The Balaban J connectivity index is 1.92. The van der Waals surface area contributed by atoms with Crippen molar-refractivity contribution in [1.82, 2.24) is 5.32 Å². The lowest BCUT2D eigenvalue weighted by Gasteiger charge is -2.17. The van der Waals surface area contributed by atoms with E-state index in [0.717, 1.165) is 25.2 Å². The summed E-state index contributed by atoms with van der Waals surface area (Å²) in [5.74, 6) is -0.257. The van der Waals surface area contributed by atoms with E-state index in [1.807, 2.05) is 31.2 Å². The molecule has 0 aromatic heterocycles. The summed E-state index contributed by atoms with van der Waals surface area (Å²) in [6.07, 6.45) is 3.53. The normalized spacial score (nSPS) is 19.5. The summed E-state index contributed by atoms with van der Waals surface area (Å²) < 4.78 is 4.97. The third kappa shape index (κ3) is 4.24. The molecule has 2 N–H and O–H groups in total. The number of rotatable bonds is 4. The summed E-state index contributed by atoms with van der Waals surface area (Å²) in [4.78, 5) is 11.5. The first-order valence-electron chi connectivity index (χ1n) is 7.04. The molecule has 0 amide bonds. The second-order valence-electron chi connectivity index (χ2n) is 4.82. The van der Waals surface area contributed by atoms with E-state index in [1.165, 1.54) is 12.8 Å². The molecule has 1 unspecified atom stereocenters. The van der Waals surface area contributed by atoms with Gasteiger partial charge >= 0.3 is 5.97 Å². The van der Waals surface area contributed by atoms with Crippen molar-refractivity contribution in [2.45, 2.75) is 32.2 Å². The highest BCUT2D eigenvalue weighted by Crippen LogP contribution is 2.15. The number of ether oxygens (including phenoxy) is 1. The van der Waals surface area contributed by atoms with E-state index in [0.29, 0.717) is 18.2 Å². The SMILES string of the molecule is CCOC(=O)c1ccc(NC2CCCNCC2)cc1. The first kappa shape index (κ1) is 13.9. The van der Waals surface area contributed by atoms with E-state index in [2.05, 4.69) is 10.6 Å². The van der Waals surface area contributed by atoms with Gasteiger partial charge in [-0.15, -0.1) is 0 Å². The van der Waals surface area contributed by atoms with E-state index in [9.17, 15) is 4.79 Å². The summed E-state index contributed by atoms with van der Waals surface area (Å²) in [7, 11) is 0. The molecule has 104 valence electrons. The molecule has 2 rings (SSSR count). The van der Waals surface area contributed by atoms with Crippen molar-refractivity contribution in [2.75, 3.05) is 25.0 Å². The molecular formula is C15H22N2O2. The highest BCUT2D eigenvalue weighted by Gasteiger charge is 2.12. The zero-order chi connectivity index (χ0) is 13.5. The molecule has 1 heterocycles. The zero-order valence-corrected chi connectivity index (χ0v) is 11.4. The minimum Gasteiger partial charge on any atom is -0.462 e. The number of hydrogen-bond acceptors (Lipinski definition) is 4. The van der Waals surface area contributed by atoms with E-state index in [-0.39, 0.29) is 5.97 Å². The van der Waals surface area contributed by atoms with Crippen molar-refractivity contribution in [3.63, 3.8) is 0 Å². The number of carbonyl (C=O) groups excluding carboxylic acids is 1. The number of anilines is 1. The van der Waals surface area contributed by atoms with Crippen molar-refractivity contribution < 1.29 is 9.53 Å². The lowest BCUT2D eigenvalue weighted by molar-refractivity contribution is 0.0526. The van der Waals surface area contributed by atoms with Gasteiger partial charge in [0.25, 0.3) is 0 Å². The molecule has 4 nitrogen and oxygen atoms in total. The van der Waals surface area contributed by atoms with Crippen LogP contribution in [0, 0.1) is 0 Å². The predicted octanol–water partition coefficient (Wildman–Crippen LogP) is 2.42. The Labute approximate surface area is 114 Å². The first-order valence-corrected chi connectivity index (χ1v) is 7.04. The Kier molecular flexibility index (Phi) is 5.21. The van der Waals surface area contributed by atoms with Gasteiger partial charge in [0.1, 0.15) is 0 Å². The largest absolute Gasteiger partial charge is 0.462 e. The smallest absolute Gasteiger partial charge is 0.338 e. The average Bonchev–Trinajstić information content (AvgIpc) is 2.68. The molecule has 1 saturated heterocycles. The Bertz CT molecular complexity index is 395. The Hall–Kier alpha value is -1.55. The monoisotopic (exact) mass is 262 g/mol. The predicted molar refractivity (Wildman–Crippen MR) is 76.5 cm³/mol. The van der Waals surface area contributed by atoms with Crippen LogP contribution in [0.25, 0.3) is 0 Å². The average molecular weight is 262 g/mol. The van der Waals surface area contributed by atoms with Crippen molar-refractivity contribution in [1.29, 1.82) is 0 Å². The molecule has 1 aromatic rings. The van der Waals surface area contributed by atoms with E-state index in [1.54, 1.807) is 0 Å². The summed E-state index contributed by atoms with van der Waals surface area (Å²) in [5, 5.41) is 6.93. The maximum atomic E-state index is 11.5. The van der Waals surface area contributed by atoms with Gasteiger partial charge in [-0.3, -0.25) is 0 Å². The molecule has 1 fully saturated rings. The number of esters is 1. The topological polar surface area (TPSA) is 50.4 Å². The summed E-state index contributed by atoms with van der Waals surface area (Å²) in [6.45, 7) is 4.40. The van der Waals surface area contributed by atoms with Crippen LogP contribution in [0.5, 0.6) is 0 Å². The van der Waals surface area contributed by atoms with Crippen LogP contribution in [0.2, 0.25) is 0 Å². The molecule has 1 aromatic carbocycles. The van der Waals surface area contributed by atoms with E-state index in [4.69, 9.17) is 4.74 Å². The van der Waals surface area contributed by atoms with Crippen LogP contribution in [-0.2, 0) is 4.74 Å². The first-order chi connectivity index (χ1) is 9.29. The summed E-state index contributed by atoms with van der Waals surface area (Å²) >= 11 is 0. The van der Waals surface area contributed by atoms with Gasteiger partial charge in [-0.25, -0.2) is 4.79 Å². The Morgan fingerprint density at radius 2 is 2.11 bits per heavy atom. The minimum absolute atomic E-state index is 0.257. The minimum atomic E-state index is -0.257. The third-order valence-electron chi connectivity index (χ3n) is 3.34. The lowest BCUT2D eigenvalue weighted by atomic mass is 10.1. The molecule has 0 radical (unpaired) electrons. The van der Waals surface area contributed by atoms with Crippen LogP contribution in [0.4, 0.5) is 5.69 Å². The molecule has 0 bridgehead atoms. The van der Waals surface area contributed by atoms with Crippen molar-refractivity contribution in [3.05, 3.63) is 29.8 Å². The maximum absolute atomic E-state index is 11.5. The highest BCUT2D eigenvalue weighted by molar-refractivity contribution is 5.89. The van der Waals surface area contributed by atoms with Gasteiger partial charge in [0, 0.05) is 11.7 Å². The molecule has 0 spiro atoms. The van der Waals surface area contributed by atoms with Crippen LogP contribution in [-0.4, -0.2) is 31.7 Å². The number of benzene rings is 1. The van der Waals surface area contributed by atoms with Gasteiger partial charge in [-0.05, 0) is 63.5 Å². The van der Waals surface area contributed by atoms with Crippen LogP contribution >= 0.6 is 0 Å². The second-order valence-corrected chi connectivity index (χ2v) is 4.82. The van der Waals surface area contributed by atoms with Crippen molar-refractivity contribution in [2.24, 2.45) is 0 Å². The molecule has 1 aliphatic rings. The molecule has 4 heteroatoms. The number of hydrogen-bond donors (Lipinski definition) is 2.